The lowest BCUT2D eigenvalue weighted by atomic mass is 10.0. The molecule has 0 aromatic heterocycles. The maximum Gasteiger partial charge on any atom is 0.253 e. The van der Waals surface area contributed by atoms with Gasteiger partial charge in [0.15, 0.2) is 0 Å². The summed E-state index contributed by atoms with van der Waals surface area (Å²) in [5, 5.41) is 8.87. The Morgan fingerprint density at radius 2 is 1.78 bits per heavy atom. The molecular formula is C19H25N3O. The van der Waals surface area contributed by atoms with Gasteiger partial charge in [-0.1, -0.05) is 0 Å². The Morgan fingerprint density at radius 1 is 1.13 bits per heavy atom. The van der Waals surface area contributed by atoms with Gasteiger partial charge in [-0.3, -0.25) is 9.69 Å². The van der Waals surface area contributed by atoms with Crippen molar-refractivity contribution in [1.29, 1.82) is 5.26 Å². The van der Waals surface area contributed by atoms with Crippen LogP contribution in [-0.2, 0) is 0 Å². The van der Waals surface area contributed by atoms with E-state index in [4.69, 9.17) is 5.26 Å². The molecule has 2 aliphatic rings. The predicted octanol–water partition coefficient (Wildman–Crippen LogP) is 3.04. The number of rotatable bonds is 2. The SMILES string of the molecule is C[C@@H]1CC[C@H](C)N1[C@H]1CCCN(C(=O)c2ccc(C#N)cc2)C1. The maximum absolute atomic E-state index is 12.7. The average Bonchev–Trinajstić information content (AvgIpc) is 2.93. The van der Waals surface area contributed by atoms with E-state index in [-0.39, 0.29) is 5.91 Å². The van der Waals surface area contributed by atoms with Gasteiger partial charge in [0.05, 0.1) is 11.6 Å². The fourth-order valence-corrected chi connectivity index (χ4v) is 4.19. The van der Waals surface area contributed by atoms with Gasteiger partial charge >= 0.3 is 0 Å². The number of nitrogens with zero attached hydrogens (tertiary/aromatic N) is 3. The molecule has 23 heavy (non-hydrogen) atoms. The van der Waals surface area contributed by atoms with Gasteiger partial charge < -0.3 is 4.90 Å². The standard InChI is InChI=1S/C19H25N3O/c1-14-5-6-15(2)22(14)18-4-3-11-21(13-18)19(23)17-9-7-16(12-20)8-10-17/h7-10,14-15,18H,3-6,11,13H2,1-2H3/t14-,15+,18-/m0/s1. The summed E-state index contributed by atoms with van der Waals surface area (Å²) < 4.78 is 0. The molecule has 2 saturated heterocycles. The Kier molecular flexibility index (Phi) is 4.68. The second-order valence-corrected chi connectivity index (χ2v) is 6.96. The van der Waals surface area contributed by atoms with Crippen LogP contribution < -0.4 is 0 Å². The molecule has 0 spiro atoms. The Hall–Kier alpha value is -1.86. The molecular weight excluding hydrogens is 286 g/mol. The highest BCUT2D eigenvalue weighted by molar-refractivity contribution is 5.94. The fourth-order valence-electron chi connectivity index (χ4n) is 4.19. The van der Waals surface area contributed by atoms with Crippen molar-refractivity contribution < 1.29 is 4.79 Å². The number of benzene rings is 1. The van der Waals surface area contributed by atoms with Crippen LogP contribution in [0, 0.1) is 11.3 Å². The highest BCUT2D eigenvalue weighted by Gasteiger charge is 2.36. The fraction of sp³-hybridized carbons (Fsp3) is 0.579. The van der Waals surface area contributed by atoms with Gasteiger partial charge in [0.2, 0.25) is 0 Å². The third kappa shape index (κ3) is 3.25. The minimum Gasteiger partial charge on any atom is -0.337 e. The molecule has 2 fully saturated rings. The zero-order valence-electron chi connectivity index (χ0n) is 14.0. The van der Waals surface area contributed by atoms with Crippen molar-refractivity contribution in [3.05, 3.63) is 35.4 Å². The molecule has 1 aromatic carbocycles. The average molecular weight is 311 g/mol. The molecule has 3 rings (SSSR count). The smallest absolute Gasteiger partial charge is 0.253 e. The minimum atomic E-state index is 0.0960. The molecule has 0 radical (unpaired) electrons. The van der Waals surface area contributed by atoms with E-state index in [0.717, 1.165) is 19.5 Å². The summed E-state index contributed by atoms with van der Waals surface area (Å²) in [4.78, 5) is 17.4. The van der Waals surface area contributed by atoms with E-state index in [0.29, 0.717) is 29.3 Å². The normalized spacial score (nSPS) is 28.6. The second-order valence-electron chi connectivity index (χ2n) is 6.96. The number of hydrogen-bond acceptors (Lipinski definition) is 3. The van der Waals surface area contributed by atoms with Gasteiger partial charge in [-0.25, -0.2) is 0 Å². The van der Waals surface area contributed by atoms with Gasteiger partial charge in [-0.2, -0.15) is 5.26 Å². The second kappa shape index (κ2) is 6.72. The van der Waals surface area contributed by atoms with Crippen LogP contribution in [0.15, 0.2) is 24.3 Å². The molecule has 1 aromatic rings. The Morgan fingerprint density at radius 3 is 2.39 bits per heavy atom. The zero-order chi connectivity index (χ0) is 16.4. The van der Waals surface area contributed by atoms with Crippen LogP contribution in [-0.4, -0.2) is 46.9 Å². The monoisotopic (exact) mass is 311 g/mol. The molecule has 2 aliphatic heterocycles. The third-order valence-corrected chi connectivity index (χ3v) is 5.39. The molecule has 0 unspecified atom stereocenters. The largest absolute Gasteiger partial charge is 0.337 e. The van der Waals surface area contributed by atoms with Crippen molar-refractivity contribution in [3.8, 4) is 6.07 Å². The van der Waals surface area contributed by atoms with Crippen molar-refractivity contribution in [2.75, 3.05) is 13.1 Å². The van der Waals surface area contributed by atoms with Gasteiger partial charge in [0, 0.05) is 36.8 Å². The van der Waals surface area contributed by atoms with Gasteiger partial charge in [-0.05, 0) is 63.8 Å². The first-order chi connectivity index (χ1) is 11.1. The van der Waals surface area contributed by atoms with Crippen molar-refractivity contribution in [2.24, 2.45) is 0 Å². The molecule has 4 nitrogen and oxygen atoms in total. The molecule has 0 bridgehead atoms. The molecule has 4 heteroatoms. The van der Waals surface area contributed by atoms with E-state index in [1.54, 1.807) is 24.3 Å². The van der Waals surface area contributed by atoms with E-state index < -0.39 is 0 Å². The van der Waals surface area contributed by atoms with Crippen LogP contribution in [0.5, 0.6) is 0 Å². The predicted molar refractivity (Wildman–Crippen MR) is 90.1 cm³/mol. The van der Waals surface area contributed by atoms with E-state index >= 15 is 0 Å². The number of piperidine rings is 1. The lowest BCUT2D eigenvalue weighted by Crippen LogP contribution is -2.52. The summed E-state index contributed by atoms with van der Waals surface area (Å²) in [6, 6.07) is 10.8. The number of amides is 1. The maximum atomic E-state index is 12.7. The number of nitriles is 1. The van der Waals surface area contributed by atoms with Crippen LogP contribution in [0.1, 0.15) is 55.5 Å². The molecule has 2 heterocycles. The van der Waals surface area contributed by atoms with Crippen LogP contribution in [0.25, 0.3) is 0 Å². The first-order valence-electron chi connectivity index (χ1n) is 8.67. The first-order valence-corrected chi connectivity index (χ1v) is 8.67. The molecule has 1 amide bonds. The lowest BCUT2D eigenvalue weighted by Gasteiger charge is -2.41. The molecule has 3 atom stereocenters. The van der Waals surface area contributed by atoms with Crippen LogP contribution in [0.2, 0.25) is 0 Å². The van der Waals surface area contributed by atoms with Gasteiger partial charge in [0.1, 0.15) is 0 Å². The third-order valence-electron chi connectivity index (χ3n) is 5.39. The number of carbonyl (C=O) groups is 1. The lowest BCUT2D eigenvalue weighted by molar-refractivity contribution is 0.0487. The van der Waals surface area contributed by atoms with E-state index in [1.807, 2.05) is 4.90 Å². The zero-order valence-corrected chi connectivity index (χ0v) is 14.0. The number of likely N-dealkylation sites (tertiary alicyclic amines) is 2. The topological polar surface area (TPSA) is 47.3 Å². The molecule has 0 N–H and O–H groups in total. The minimum absolute atomic E-state index is 0.0960. The quantitative estimate of drug-likeness (QED) is 0.843. The van der Waals surface area contributed by atoms with Crippen LogP contribution in [0.3, 0.4) is 0 Å². The van der Waals surface area contributed by atoms with Crippen LogP contribution in [0.4, 0.5) is 0 Å². The Bertz CT molecular complexity index is 594. The molecule has 0 aliphatic carbocycles. The summed E-state index contributed by atoms with van der Waals surface area (Å²) >= 11 is 0. The summed E-state index contributed by atoms with van der Waals surface area (Å²) in [6.07, 6.45) is 4.79. The highest BCUT2D eigenvalue weighted by atomic mass is 16.2. The molecule has 0 saturated carbocycles. The number of carbonyl (C=O) groups excluding carboxylic acids is 1. The summed E-state index contributed by atoms with van der Waals surface area (Å²) in [5.41, 5.74) is 1.28. The first kappa shape index (κ1) is 16.0. The Labute approximate surface area is 138 Å². The van der Waals surface area contributed by atoms with E-state index in [9.17, 15) is 4.79 Å². The van der Waals surface area contributed by atoms with Crippen molar-refractivity contribution in [2.45, 2.75) is 57.7 Å². The van der Waals surface area contributed by atoms with Crippen molar-refractivity contribution in [1.82, 2.24) is 9.80 Å². The summed E-state index contributed by atoms with van der Waals surface area (Å²) in [7, 11) is 0. The van der Waals surface area contributed by atoms with Gasteiger partial charge in [-0.15, -0.1) is 0 Å². The van der Waals surface area contributed by atoms with Crippen LogP contribution >= 0.6 is 0 Å². The van der Waals surface area contributed by atoms with Crippen molar-refractivity contribution in [3.63, 3.8) is 0 Å². The number of hydrogen-bond donors (Lipinski definition) is 0. The highest BCUT2D eigenvalue weighted by Crippen LogP contribution is 2.30. The molecule has 122 valence electrons. The summed E-state index contributed by atoms with van der Waals surface area (Å²) in [5.74, 6) is 0.0960. The van der Waals surface area contributed by atoms with Gasteiger partial charge in [0.25, 0.3) is 5.91 Å². The Balaban J connectivity index is 1.70. The van der Waals surface area contributed by atoms with E-state index in [1.165, 1.54) is 19.3 Å². The summed E-state index contributed by atoms with van der Waals surface area (Å²) in [6.45, 7) is 6.29. The van der Waals surface area contributed by atoms with Crippen molar-refractivity contribution >= 4 is 5.91 Å². The van der Waals surface area contributed by atoms with E-state index in [2.05, 4.69) is 24.8 Å².